The molecule has 2 aromatic rings. The minimum Gasteiger partial charge on any atom is -0.493 e. The summed E-state index contributed by atoms with van der Waals surface area (Å²) in [5.74, 6) is -0.372. The van der Waals surface area contributed by atoms with Crippen LogP contribution in [0.25, 0.3) is 10.4 Å². The second-order valence-electron chi connectivity index (χ2n) is 6.02. The predicted molar refractivity (Wildman–Crippen MR) is 99.5 cm³/mol. The average molecular weight is 394 g/mol. The van der Waals surface area contributed by atoms with Crippen molar-refractivity contribution in [3.8, 4) is 16.2 Å². The van der Waals surface area contributed by atoms with Crippen LogP contribution in [-0.4, -0.2) is 45.4 Å². The van der Waals surface area contributed by atoms with E-state index in [0.29, 0.717) is 29.2 Å². The second kappa shape index (κ2) is 7.08. The van der Waals surface area contributed by atoms with Gasteiger partial charge in [0.1, 0.15) is 15.6 Å². The largest absolute Gasteiger partial charge is 0.493 e. The number of fused-ring (bicyclic) bond motifs is 3. The van der Waals surface area contributed by atoms with Gasteiger partial charge in [0, 0.05) is 35.2 Å². The molecule has 0 atom stereocenters. The highest BCUT2D eigenvalue weighted by Crippen LogP contribution is 2.41. The molecule has 2 amide bonds. The van der Waals surface area contributed by atoms with Crippen LogP contribution in [-0.2, 0) is 16.3 Å². The van der Waals surface area contributed by atoms with Crippen molar-refractivity contribution < 1.29 is 22.7 Å². The van der Waals surface area contributed by atoms with Gasteiger partial charge in [-0.25, -0.2) is 8.42 Å². The average Bonchev–Trinajstić information content (AvgIpc) is 2.90. The van der Waals surface area contributed by atoms with Gasteiger partial charge in [-0.05, 0) is 29.8 Å². The van der Waals surface area contributed by atoms with Gasteiger partial charge in [0.15, 0.2) is 0 Å². The fourth-order valence-electron chi connectivity index (χ4n) is 2.64. The number of hydrogen-bond donors (Lipinski definition) is 2. The number of ether oxygens (including phenoxy) is 1. The molecule has 1 aliphatic heterocycles. The van der Waals surface area contributed by atoms with Crippen LogP contribution < -0.4 is 15.8 Å². The SMILES string of the molecule is CS(=O)(=O)CCNC(=O)c1cc2c(s1)-c1ccc(C(N)=O)cc1OCC2. The number of primary amides is 1. The third kappa shape index (κ3) is 4.05. The number of amides is 2. The molecule has 0 saturated carbocycles. The van der Waals surface area contributed by atoms with Crippen LogP contribution in [0.15, 0.2) is 24.3 Å². The van der Waals surface area contributed by atoms with Crippen molar-refractivity contribution in [2.45, 2.75) is 6.42 Å². The highest BCUT2D eigenvalue weighted by molar-refractivity contribution is 7.90. The molecule has 0 unspecified atom stereocenters. The number of sulfone groups is 1. The number of carbonyl (C=O) groups excluding carboxylic acids is 2. The molecule has 0 spiro atoms. The van der Waals surface area contributed by atoms with E-state index in [1.54, 1.807) is 24.3 Å². The Bertz CT molecular complexity index is 979. The van der Waals surface area contributed by atoms with Crippen LogP contribution in [0.3, 0.4) is 0 Å². The summed E-state index contributed by atoms with van der Waals surface area (Å²) in [7, 11) is -3.13. The molecule has 2 heterocycles. The maximum atomic E-state index is 12.3. The first kappa shape index (κ1) is 18.4. The monoisotopic (exact) mass is 394 g/mol. The second-order valence-corrected chi connectivity index (χ2v) is 9.34. The Labute approximate surface area is 155 Å². The summed E-state index contributed by atoms with van der Waals surface area (Å²) in [5, 5.41) is 2.63. The zero-order valence-corrected chi connectivity index (χ0v) is 15.7. The Hall–Kier alpha value is -2.39. The third-order valence-corrected chi connectivity index (χ3v) is 6.09. The standard InChI is InChI=1S/C17H18N2O5S2/c1-26(22,23)7-5-19-17(21)14-9-10-4-6-24-13-8-11(16(18)20)2-3-12(13)15(10)25-14/h2-3,8-9H,4-7H2,1H3,(H2,18,20)(H,19,21). The lowest BCUT2D eigenvalue weighted by atomic mass is 10.1. The van der Waals surface area contributed by atoms with Crippen LogP contribution in [0, 0.1) is 0 Å². The lowest BCUT2D eigenvalue weighted by molar-refractivity contribution is 0.0958. The lowest BCUT2D eigenvalue weighted by Crippen LogP contribution is -2.28. The molecule has 0 saturated heterocycles. The molecular formula is C17H18N2O5S2. The topological polar surface area (TPSA) is 116 Å². The van der Waals surface area contributed by atoms with Gasteiger partial charge in [-0.15, -0.1) is 11.3 Å². The van der Waals surface area contributed by atoms with E-state index in [1.807, 2.05) is 0 Å². The summed E-state index contributed by atoms with van der Waals surface area (Å²) in [4.78, 5) is 25.1. The van der Waals surface area contributed by atoms with Gasteiger partial charge < -0.3 is 15.8 Å². The smallest absolute Gasteiger partial charge is 0.261 e. The van der Waals surface area contributed by atoms with E-state index in [-0.39, 0.29) is 18.2 Å². The van der Waals surface area contributed by atoms with Crippen molar-refractivity contribution in [1.29, 1.82) is 0 Å². The van der Waals surface area contributed by atoms with Crippen molar-refractivity contribution in [1.82, 2.24) is 5.32 Å². The number of hydrogen-bond acceptors (Lipinski definition) is 6. The van der Waals surface area contributed by atoms with Crippen LogP contribution >= 0.6 is 11.3 Å². The molecule has 138 valence electrons. The molecular weight excluding hydrogens is 376 g/mol. The van der Waals surface area contributed by atoms with Crippen LogP contribution in [0.4, 0.5) is 0 Å². The zero-order valence-electron chi connectivity index (χ0n) is 14.1. The Morgan fingerprint density at radius 3 is 2.77 bits per heavy atom. The highest BCUT2D eigenvalue weighted by Gasteiger charge is 2.22. The third-order valence-electron chi connectivity index (χ3n) is 3.93. The molecule has 26 heavy (non-hydrogen) atoms. The van der Waals surface area contributed by atoms with E-state index in [4.69, 9.17) is 10.5 Å². The normalized spacial score (nSPS) is 13.1. The summed E-state index contributed by atoms with van der Waals surface area (Å²) in [5.41, 5.74) is 7.47. The number of thiophene rings is 1. The zero-order chi connectivity index (χ0) is 18.9. The molecule has 0 fully saturated rings. The molecule has 3 N–H and O–H groups in total. The van der Waals surface area contributed by atoms with E-state index >= 15 is 0 Å². The first-order valence-corrected chi connectivity index (χ1v) is 10.8. The van der Waals surface area contributed by atoms with Crippen LogP contribution in [0.5, 0.6) is 5.75 Å². The van der Waals surface area contributed by atoms with E-state index in [9.17, 15) is 18.0 Å². The first-order valence-electron chi connectivity index (χ1n) is 7.90. The number of carbonyl (C=O) groups is 2. The van der Waals surface area contributed by atoms with E-state index in [1.165, 1.54) is 11.3 Å². The van der Waals surface area contributed by atoms with E-state index in [2.05, 4.69) is 5.32 Å². The fraction of sp³-hybridized carbons (Fsp3) is 0.294. The first-order chi connectivity index (χ1) is 12.2. The lowest BCUT2D eigenvalue weighted by Gasteiger charge is -2.08. The van der Waals surface area contributed by atoms with Crippen LogP contribution in [0.2, 0.25) is 0 Å². The van der Waals surface area contributed by atoms with Gasteiger partial charge in [0.05, 0.1) is 17.2 Å². The Kier molecular flexibility index (Phi) is 5.01. The van der Waals surface area contributed by atoms with Crippen molar-refractivity contribution in [3.63, 3.8) is 0 Å². The molecule has 1 aromatic carbocycles. The molecule has 1 aromatic heterocycles. The molecule has 0 bridgehead atoms. The van der Waals surface area contributed by atoms with Gasteiger partial charge in [-0.3, -0.25) is 9.59 Å². The van der Waals surface area contributed by atoms with Gasteiger partial charge in [-0.2, -0.15) is 0 Å². The van der Waals surface area contributed by atoms with E-state index in [0.717, 1.165) is 22.3 Å². The number of nitrogens with two attached hydrogens (primary N) is 1. The minimum atomic E-state index is -3.13. The van der Waals surface area contributed by atoms with Gasteiger partial charge in [0.25, 0.3) is 5.91 Å². The van der Waals surface area contributed by atoms with Crippen molar-refractivity contribution in [2.75, 3.05) is 25.2 Å². The molecule has 1 aliphatic rings. The molecule has 0 radical (unpaired) electrons. The highest BCUT2D eigenvalue weighted by atomic mass is 32.2. The molecule has 3 rings (SSSR count). The summed E-state index contributed by atoms with van der Waals surface area (Å²) in [6.45, 7) is 0.496. The summed E-state index contributed by atoms with van der Waals surface area (Å²) >= 11 is 1.31. The number of rotatable bonds is 5. The fourth-order valence-corrected chi connectivity index (χ4v) is 4.27. The van der Waals surface area contributed by atoms with Crippen molar-refractivity contribution in [3.05, 3.63) is 40.3 Å². The Morgan fingerprint density at radius 1 is 1.31 bits per heavy atom. The summed E-state index contributed by atoms with van der Waals surface area (Å²) < 4.78 is 28.0. The Morgan fingerprint density at radius 2 is 2.08 bits per heavy atom. The van der Waals surface area contributed by atoms with Gasteiger partial charge in [-0.1, -0.05) is 0 Å². The molecule has 0 aliphatic carbocycles. The van der Waals surface area contributed by atoms with Gasteiger partial charge >= 0.3 is 0 Å². The summed E-state index contributed by atoms with van der Waals surface area (Å²) in [6, 6.07) is 6.81. The van der Waals surface area contributed by atoms with Gasteiger partial charge in [0.2, 0.25) is 5.91 Å². The molecule has 7 nitrogen and oxygen atoms in total. The maximum Gasteiger partial charge on any atom is 0.261 e. The van der Waals surface area contributed by atoms with E-state index < -0.39 is 15.7 Å². The van der Waals surface area contributed by atoms with Crippen molar-refractivity contribution in [2.24, 2.45) is 5.73 Å². The minimum absolute atomic E-state index is 0.0713. The Balaban J connectivity index is 1.86. The van der Waals surface area contributed by atoms with Crippen molar-refractivity contribution >= 4 is 33.0 Å². The molecule has 9 heteroatoms. The van der Waals surface area contributed by atoms with Crippen LogP contribution in [0.1, 0.15) is 25.6 Å². The predicted octanol–water partition coefficient (Wildman–Crippen LogP) is 1.22. The maximum absolute atomic E-state index is 12.3. The summed E-state index contributed by atoms with van der Waals surface area (Å²) in [6.07, 6.45) is 1.76. The number of benzene rings is 1. The number of nitrogens with one attached hydrogen (secondary N) is 1. The quantitative estimate of drug-likeness (QED) is 0.791.